The Labute approximate surface area is 184 Å². The van der Waals surface area contributed by atoms with E-state index in [9.17, 15) is 14.4 Å². The number of rotatable bonds is 8. The van der Waals surface area contributed by atoms with E-state index in [1.165, 1.54) is 16.2 Å². The van der Waals surface area contributed by atoms with Crippen molar-refractivity contribution < 1.29 is 14.3 Å². The summed E-state index contributed by atoms with van der Waals surface area (Å²) < 4.78 is 5.06. The van der Waals surface area contributed by atoms with Gasteiger partial charge in [0.15, 0.2) is 0 Å². The molecule has 0 aliphatic carbocycles. The molecule has 0 atom stereocenters. The zero-order chi connectivity index (χ0) is 22.5. The molecule has 0 aliphatic rings. The van der Waals surface area contributed by atoms with Crippen molar-refractivity contribution in [1.29, 1.82) is 0 Å². The molecule has 0 saturated carbocycles. The Bertz CT molecular complexity index is 1140. The molecule has 9 heteroatoms. The normalized spacial score (nSPS) is 11.1. The molecule has 0 fully saturated rings. The zero-order valence-electron chi connectivity index (χ0n) is 18.1. The summed E-state index contributed by atoms with van der Waals surface area (Å²) in [5, 5.41) is 0.409. The topological polar surface area (TPSA) is 95.6 Å². The maximum Gasteiger partial charge on any atom is 0.325 e. The summed E-state index contributed by atoms with van der Waals surface area (Å²) in [6.45, 7) is 4.25. The molecular formula is C22H26N4O4S. The second-order valence-electron chi connectivity index (χ2n) is 7.44. The van der Waals surface area contributed by atoms with Gasteiger partial charge < -0.3 is 19.5 Å². The third-order valence-electron chi connectivity index (χ3n) is 4.64. The molecule has 31 heavy (non-hydrogen) atoms. The second-order valence-corrected chi connectivity index (χ2v) is 8.44. The van der Waals surface area contributed by atoms with Crippen LogP contribution in [0.5, 0.6) is 0 Å². The van der Waals surface area contributed by atoms with E-state index < -0.39 is 5.97 Å². The number of amides is 1. The van der Waals surface area contributed by atoms with Crippen molar-refractivity contribution in [3.8, 4) is 0 Å². The number of benzene rings is 1. The average Bonchev–Trinajstić information content (AvgIpc) is 3.04. The summed E-state index contributed by atoms with van der Waals surface area (Å²) in [6.07, 6.45) is 0. The molecule has 2 aromatic heterocycles. The highest BCUT2D eigenvalue weighted by Gasteiger charge is 2.26. The van der Waals surface area contributed by atoms with Crippen molar-refractivity contribution in [2.75, 3.05) is 27.2 Å². The lowest BCUT2D eigenvalue weighted by molar-refractivity contribution is -0.143. The van der Waals surface area contributed by atoms with Gasteiger partial charge in [-0.15, -0.1) is 11.3 Å². The van der Waals surface area contributed by atoms with E-state index in [0.29, 0.717) is 33.0 Å². The summed E-state index contributed by atoms with van der Waals surface area (Å²) in [5.74, 6) is -0.267. The number of aryl methyl sites for hydroxylation is 1. The maximum absolute atomic E-state index is 13.4. The van der Waals surface area contributed by atoms with E-state index in [1.807, 2.05) is 49.3 Å². The molecular weight excluding hydrogens is 416 g/mol. The Morgan fingerprint density at radius 2 is 1.87 bits per heavy atom. The number of H-pyrrole nitrogens is 1. The number of thiophene rings is 1. The van der Waals surface area contributed by atoms with Crippen molar-refractivity contribution in [2.45, 2.75) is 26.9 Å². The van der Waals surface area contributed by atoms with Crippen LogP contribution in [-0.2, 0) is 22.6 Å². The SMILES string of the molecule is CCOC(=O)CN(Cc1ccccc1)C(=O)c1sc2nc(CN(C)C)[nH]c(=O)c2c1C. The van der Waals surface area contributed by atoms with Gasteiger partial charge in [-0.3, -0.25) is 14.4 Å². The van der Waals surface area contributed by atoms with Crippen LogP contribution in [0, 0.1) is 6.92 Å². The highest BCUT2D eigenvalue weighted by molar-refractivity contribution is 7.20. The first-order valence-electron chi connectivity index (χ1n) is 9.96. The molecule has 0 saturated heterocycles. The van der Waals surface area contributed by atoms with Gasteiger partial charge in [0.25, 0.3) is 11.5 Å². The van der Waals surface area contributed by atoms with E-state index in [2.05, 4.69) is 9.97 Å². The van der Waals surface area contributed by atoms with E-state index in [1.54, 1.807) is 13.8 Å². The molecule has 8 nitrogen and oxygen atoms in total. The molecule has 1 amide bonds. The van der Waals surface area contributed by atoms with Gasteiger partial charge in [-0.05, 0) is 39.1 Å². The van der Waals surface area contributed by atoms with Gasteiger partial charge in [-0.1, -0.05) is 30.3 Å². The van der Waals surface area contributed by atoms with Crippen LogP contribution in [0.1, 0.15) is 33.5 Å². The Hall–Kier alpha value is -3.04. The van der Waals surface area contributed by atoms with Gasteiger partial charge in [-0.2, -0.15) is 0 Å². The second kappa shape index (κ2) is 9.84. The molecule has 2 heterocycles. The van der Waals surface area contributed by atoms with Crippen LogP contribution in [0.2, 0.25) is 0 Å². The lowest BCUT2D eigenvalue weighted by atomic mass is 10.1. The number of hydrogen-bond donors (Lipinski definition) is 1. The van der Waals surface area contributed by atoms with Gasteiger partial charge in [0, 0.05) is 6.54 Å². The Morgan fingerprint density at radius 1 is 1.16 bits per heavy atom. The van der Waals surface area contributed by atoms with Crippen molar-refractivity contribution in [2.24, 2.45) is 0 Å². The van der Waals surface area contributed by atoms with E-state index in [4.69, 9.17) is 4.74 Å². The molecule has 1 aromatic carbocycles. The number of hydrogen-bond acceptors (Lipinski definition) is 7. The summed E-state index contributed by atoms with van der Waals surface area (Å²) in [4.78, 5) is 49.8. The lowest BCUT2D eigenvalue weighted by Gasteiger charge is -2.21. The first-order valence-corrected chi connectivity index (χ1v) is 10.8. The van der Waals surface area contributed by atoms with Gasteiger partial charge >= 0.3 is 5.97 Å². The van der Waals surface area contributed by atoms with Crippen LogP contribution < -0.4 is 5.56 Å². The fraction of sp³-hybridized carbons (Fsp3) is 0.364. The Kier molecular flexibility index (Phi) is 7.19. The first kappa shape index (κ1) is 22.6. The first-order chi connectivity index (χ1) is 14.8. The fourth-order valence-corrected chi connectivity index (χ4v) is 4.44. The van der Waals surface area contributed by atoms with Crippen LogP contribution in [-0.4, -0.2) is 58.9 Å². The molecule has 0 radical (unpaired) electrons. The number of carbonyl (C=O) groups excluding carboxylic acids is 2. The van der Waals surface area contributed by atoms with Gasteiger partial charge in [0.1, 0.15) is 17.2 Å². The summed E-state index contributed by atoms with van der Waals surface area (Å²) in [7, 11) is 3.77. The predicted octanol–water partition coefficient (Wildman–Crippen LogP) is 2.56. The molecule has 164 valence electrons. The molecule has 1 N–H and O–H groups in total. The maximum atomic E-state index is 13.4. The molecule has 0 aliphatic heterocycles. The van der Waals surface area contributed by atoms with E-state index in [0.717, 1.165) is 5.56 Å². The van der Waals surface area contributed by atoms with Crippen LogP contribution in [0.4, 0.5) is 0 Å². The minimum Gasteiger partial charge on any atom is -0.465 e. The quantitative estimate of drug-likeness (QED) is 0.539. The zero-order valence-corrected chi connectivity index (χ0v) is 18.9. The third kappa shape index (κ3) is 5.36. The minimum absolute atomic E-state index is 0.176. The Balaban J connectivity index is 1.99. The lowest BCUT2D eigenvalue weighted by Crippen LogP contribution is -2.36. The third-order valence-corrected chi connectivity index (χ3v) is 5.81. The van der Waals surface area contributed by atoms with Crippen LogP contribution in [0.15, 0.2) is 35.1 Å². The van der Waals surface area contributed by atoms with Gasteiger partial charge in [0.2, 0.25) is 0 Å². The number of aromatic nitrogens is 2. The molecule has 0 spiro atoms. The Morgan fingerprint density at radius 3 is 2.52 bits per heavy atom. The number of aromatic amines is 1. The van der Waals surface area contributed by atoms with Gasteiger partial charge in [0.05, 0.1) is 23.4 Å². The number of nitrogens with zero attached hydrogens (tertiary/aromatic N) is 3. The van der Waals surface area contributed by atoms with Crippen molar-refractivity contribution >= 4 is 33.4 Å². The van der Waals surface area contributed by atoms with Crippen LogP contribution in [0.25, 0.3) is 10.2 Å². The summed E-state index contributed by atoms with van der Waals surface area (Å²) in [5.41, 5.74) is 1.19. The largest absolute Gasteiger partial charge is 0.465 e. The highest BCUT2D eigenvalue weighted by atomic mass is 32.1. The molecule has 3 rings (SSSR count). The van der Waals surface area contributed by atoms with Crippen molar-refractivity contribution in [3.05, 3.63) is 62.5 Å². The molecule has 3 aromatic rings. The minimum atomic E-state index is -0.477. The number of nitrogens with one attached hydrogen (secondary N) is 1. The van der Waals surface area contributed by atoms with Crippen LogP contribution >= 0.6 is 11.3 Å². The monoisotopic (exact) mass is 442 g/mol. The highest BCUT2D eigenvalue weighted by Crippen LogP contribution is 2.28. The average molecular weight is 443 g/mol. The number of fused-ring (bicyclic) bond motifs is 1. The van der Waals surface area contributed by atoms with Gasteiger partial charge in [-0.25, -0.2) is 4.98 Å². The van der Waals surface area contributed by atoms with Crippen molar-refractivity contribution in [3.63, 3.8) is 0 Å². The summed E-state index contributed by atoms with van der Waals surface area (Å²) in [6, 6.07) is 9.43. The van der Waals surface area contributed by atoms with Crippen LogP contribution in [0.3, 0.4) is 0 Å². The smallest absolute Gasteiger partial charge is 0.325 e. The summed E-state index contributed by atoms with van der Waals surface area (Å²) >= 11 is 1.17. The molecule has 0 unspecified atom stereocenters. The molecule has 0 bridgehead atoms. The van der Waals surface area contributed by atoms with E-state index >= 15 is 0 Å². The number of carbonyl (C=O) groups is 2. The standard InChI is InChI=1S/C22H26N4O4S/c1-5-30-17(27)13-26(11-15-9-7-6-8-10-15)22(29)19-14(2)18-20(28)23-16(12-25(3)4)24-21(18)31-19/h6-10H,5,11-13H2,1-4H3,(H,23,24,28). The predicted molar refractivity (Wildman–Crippen MR) is 120 cm³/mol. The van der Waals surface area contributed by atoms with Crippen molar-refractivity contribution in [1.82, 2.24) is 19.8 Å². The fourth-order valence-electron chi connectivity index (χ4n) is 3.28. The number of ether oxygens (including phenoxy) is 1. The number of esters is 1. The van der Waals surface area contributed by atoms with E-state index in [-0.39, 0.29) is 31.2 Å².